The normalized spacial score (nSPS) is 18.9. The van der Waals surface area contributed by atoms with E-state index in [1.165, 1.54) is 62.5 Å². The molecular weight excluding hydrogens is 278 g/mol. The van der Waals surface area contributed by atoms with E-state index in [9.17, 15) is 0 Å². The van der Waals surface area contributed by atoms with E-state index in [0.717, 1.165) is 5.92 Å². The zero-order valence-corrected chi connectivity index (χ0v) is 14.8. The van der Waals surface area contributed by atoms with Crippen molar-refractivity contribution in [2.45, 2.75) is 51.9 Å². The van der Waals surface area contributed by atoms with Gasteiger partial charge in [-0.15, -0.1) is 0 Å². The van der Waals surface area contributed by atoms with Crippen LogP contribution in [0.1, 0.15) is 57.4 Å². The monoisotopic (exact) mass is 309 g/mol. The molecule has 1 heteroatoms. The van der Waals surface area contributed by atoms with Crippen molar-refractivity contribution in [3.63, 3.8) is 0 Å². The van der Waals surface area contributed by atoms with Gasteiger partial charge in [-0.25, -0.2) is 0 Å². The molecule has 2 aromatic rings. The minimum atomic E-state index is 0.674. The molecule has 1 heterocycles. The fraction of sp³-hybridized carbons (Fsp3) is 0.545. The molecule has 2 unspecified atom stereocenters. The predicted molar refractivity (Wildman–Crippen MR) is 101 cm³/mol. The number of rotatable bonds is 6. The van der Waals surface area contributed by atoms with Crippen molar-refractivity contribution in [3.8, 4) is 0 Å². The molecule has 0 radical (unpaired) electrons. The summed E-state index contributed by atoms with van der Waals surface area (Å²) < 4.78 is 0. The Labute approximate surface area is 141 Å². The van der Waals surface area contributed by atoms with Crippen LogP contribution in [0.5, 0.6) is 0 Å². The first-order chi connectivity index (χ1) is 11.3. The first-order valence-corrected chi connectivity index (χ1v) is 9.49. The molecule has 1 nitrogen and oxygen atoms in total. The zero-order valence-electron chi connectivity index (χ0n) is 14.8. The van der Waals surface area contributed by atoms with Crippen molar-refractivity contribution < 1.29 is 0 Å². The fourth-order valence-corrected chi connectivity index (χ4v) is 4.11. The zero-order chi connectivity index (χ0) is 16.1. The average molecular weight is 309 g/mol. The highest BCUT2D eigenvalue weighted by atomic mass is 15.1. The van der Waals surface area contributed by atoms with Gasteiger partial charge in [0.15, 0.2) is 0 Å². The van der Waals surface area contributed by atoms with E-state index in [1.807, 2.05) is 0 Å². The topological polar surface area (TPSA) is 3.24 Å². The van der Waals surface area contributed by atoms with Crippen LogP contribution >= 0.6 is 0 Å². The summed E-state index contributed by atoms with van der Waals surface area (Å²) in [5.74, 6) is 1.42. The van der Waals surface area contributed by atoms with Crippen LogP contribution < -0.4 is 0 Å². The van der Waals surface area contributed by atoms with Gasteiger partial charge in [-0.05, 0) is 67.1 Å². The molecule has 1 aliphatic rings. The molecule has 2 atom stereocenters. The minimum Gasteiger partial charge on any atom is -0.303 e. The Morgan fingerprint density at radius 3 is 2.48 bits per heavy atom. The van der Waals surface area contributed by atoms with Crippen LogP contribution in [0.15, 0.2) is 42.5 Å². The lowest BCUT2D eigenvalue weighted by Crippen LogP contribution is -2.32. The molecule has 0 aromatic heterocycles. The highest BCUT2D eigenvalue weighted by Crippen LogP contribution is 2.35. The van der Waals surface area contributed by atoms with Crippen LogP contribution in [0, 0.1) is 5.92 Å². The molecule has 0 aliphatic carbocycles. The average Bonchev–Trinajstić information content (AvgIpc) is 2.62. The number of nitrogens with zero attached hydrogens (tertiary/aromatic N) is 1. The van der Waals surface area contributed by atoms with Gasteiger partial charge in [-0.3, -0.25) is 0 Å². The van der Waals surface area contributed by atoms with Gasteiger partial charge in [0.05, 0.1) is 0 Å². The predicted octanol–water partition coefficient (Wildman–Crippen LogP) is 5.85. The third-order valence-electron chi connectivity index (χ3n) is 5.76. The Hall–Kier alpha value is -1.34. The maximum atomic E-state index is 2.68. The van der Waals surface area contributed by atoms with Crippen molar-refractivity contribution in [1.82, 2.24) is 4.90 Å². The van der Waals surface area contributed by atoms with E-state index in [0.29, 0.717) is 5.92 Å². The number of benzene rings is 2. The van der Waals surface area contributed by atoms with Crippen molar-refractivity contribution >= 4 is 10.8 Å². The van der Waals surface area contributed by atoms with Crippen LogP contribution in [0.3, 0.4) is 0 Å². The lowest BCUT2D eigenvalue weighted by atomic mass is 9.81. The number of hydrogen-bond donors (Lipinski definition) is 0. The van der Waals surface area contributed by atoms with Crippen molar-refractivity contribution in [2.75, 3.05) is 19.6 Å². The summed E-state index contributed by atoms with van der Waals surface area (Å²) in [6.07, 6.45) is 6.76. The molecule has 2 aromatic carbocycles. The SMILES string of the molecule is CCC(C)C(CCN1CCCCC1)c1cccc2ccccc12. The van der Waals surface area contributed by atoms with E-state index in [4.69, 9.17) is 0 Å². The van der Waals surface area contributed by atoms with Crippen molar-refractivity contribution in [2.24, 2.45) is 5.92 Å². The molecule has 0 N–H and O–H groups in total. The summed E-state index contributed by atoms with van der Waals surface area (Å²) in [5, 5.41) is 2.84. The van der Waals surface area contributed by atoms with Gasteiger partial charge in [0.25, 0.3) is 0 Å². The second-order valence-electron chi connectivity index (χ2n) is 7.25. The van der Waals surface area contributed by atoms with Gasteiger partial charge in [-0.2, -0.15) is 0 Å². The van der Waals surface area contributed by atoms with E-state index < -0.39 is 0 Å². The lowest BCUT2D eigenvalue weighted by Gasteiger charge is -2.31. The Morgan fingerprint density at radius 2 is 1.70 bits per heavy atom. The Morgan fingerprint density at radius 1 is 0.957 bits per heavy atom. The molecule has 0 spiro atoms. The van der Waals surface area contributed by atoms with Crippen LogP contribution in [0.2, 0.25) is 0 Å². The van der Waals surface area contributed by atoms with Crippen molar-refractivity contribution in [3.05, 3.63) is 48.0 Å². The Kier molecular flexibility index (Phi) is 5.72. The number of likely N-dealkylation sites (tertiary alicyclic amines) is 1. The second kappa shape index (κ2) is 7.97. The quantitative estimate of drug-likeness (QED) is 0.647. The summed E-state index contributed by atoms with van der Waals surface area (Å²) >= 11 is 0. The van der Waals surface area contributed by atoms with E-state index >= 15 is 0 Å². The smallest absolute Gasteiger partial charge is 0.00128 e. The maximum absolute atomic E-state index is 2.68. The van der Waals surface area contributed by atoms with Crippen LogP contribution in [0.4, 0.5) is 0 Å². The molecule has 0 saturated carbocycles. The highest BCUT2D eigenvalue weighted by Gasteiger charge is 2.21. The summed E-state index contributed by atoms with van der Waals surface area (Å²) in [7, 11) is 0. The minimum absolute atomic E-state index is 0.674. The van der Waals surface area contributed by atoms with E-state index in [-0.39, 0.29) is 0 Å². The summed E-state index contributed by atoms with van der Waals surface area (Å²) in [6, 6.07) is 15.8. The summed E-state index contributed by atoms with van der Waals surface area (Å²) in [4.78, 5) is 2.68. The Bertz CT molecular complexity index is 607. The number of fused-ring (bicyclic) bond motifs is 1. The first kappa shape index (κ1) is 16.5. The van der Waals surface area contributed by atoms with E-state index in [2.05, 4.69) is 61.2 Å². The third kappa shape index (κ3) is 3.95. The van der Waals surface area contributed by atoms with Gasteiger partial charge >= 0.3 is 0 Å². The molecular formula is C22H31N. The maximum Gasteiger partial charge on any atom is -0.00128 e. The van der Waals surface area contributed by atoms with Gasteiger partial charge in [-0.1, -0.05) is 69.2 Å². The summed E-state index contributed by atoms with van der Waals surface area (Å²) in [5.41, 5.74) is 1.56. The fourth-order valence-electron chi connectivity index (χ4n) is 4.11. The third-order valence-corrected chi connectivity index (χ3v) is 5.76. The van der Waals surface area contributed by atoms with Crippen molar-refractivity contribution in [1.29, 1.82) is 0 Å². The summed E-state index contributed by atoms with van der Waals surface area (Å²) in [6.45, 7) is 8.65. The molecule has 23 heavy (non-hydrogen) atoms. The molecule has 0 bridgehead atoms. The molecule has 1 aliphatic heterocycles. The first-order valence-electron chi connectivity index (χ1n) is 9.49. The standard InChI is InChI=1S/C22H31N/c1-3-18(2)20(14-17-23-15-7-4-8-16-23)22-13-9-11-19-10-5-6-12-21(19)22/h5-6,9-13,18,20H,3-4,7-8,14-17H2,1-2H3. The molecule has 3 rings (SSSR count). The lowest BCUT2D eigenvalue weighted by molar-refractivity contribution is 0.213. The van der Waals surface area contributed by atoms with Gasteiger partial charge < -0.3 is 4.90 Å². The van der Waals surface area contributed by atoms with Gasteiger partial charge in [0.1, 0.15) is 0 Å². The van der Waals surface area contributed by atoms with E-state index in [1.54, 1.807) is 5.56 Å². The Balaban J connectivity index is 1.82. The second-order valence-corrected chi connectivity index (χ2v) is 7.25. The van der Waals surface area contributed by atoms with Crippen LogP contribution in [0.25, 0.3) is 10.8 Å². The van der Waals surface area contributed by atoms with Crippen LogP contribution in [-0.2, 0) is 0 Å². The van der Waals surface area contributed by atoms with Crippen LogP contribution in [-0.4, -0.2) is 24.5 Å². The number of hydrogen-bond acceptors (Lipinski definition) is 1. The largest absolute Gasteiger partial charge is 0.303 e. The number of piperidine rings is 1. The van der Waals surface area contributed by atoms with Gasteiger partial charge in [0.2, 0.25) is 0 Å². The van der Waals surface area contributed by atoms with Gasteiger partial charge in [0, 0.05) is 0 Å². The molecule has 124 valence electrons. The molecule has 0 amide bonds. The molecule has 1 saturated heterocycles. The highest BCUT2D eigenvalue weighted by molar-refractivity contribution is 5.86. The molecule has 1 fully saturated rings.